The molecule has 1 aromatic rings. The van der Waals surface area contributed by atoms with Crippen molar-refractivity contribution < 1.29 is 14.7 Å². The number of pyridine rings is 1. The molecule has 1 unspecified atom stereocenters. The van der Waals surface area contributed by atoms with Gasteiger partial charge in [-0.1, -0.05) is 32.1 Å². The summed E-state index contributed by atoms with van der Waals surface area (Å²) >= 11 is 0. The molecular formula is C16H22N2O3. The van der Waals surface area contributed by atoms with Gasteiger partial charge in [0.05, 0.1) is 0 Å². The number of aromatic nitrogens is 1. The van der Waals surface area contributed by atoms with Gasteiger partial charge in [0, 0.05) is 17.5 Å². The van der Waals surface area contributed by atoms with Gasteiger partial charge in [-0.05, 0) is 31.4 Å². The Morgan fingerprint density at radius 3 is 2.71 bits per heavy atom. The summed E-state index contributed by atoms with van der Waals surface area (Å²) in [5, 5.41) is 12.0. The minimum absolute atomic E-state index is 0.344. The molecule has 0 aliphatic heterocycles. The molecule has 1 heterocycles. The summed E-state index contributed by atoms with van der Waals surface area (Å²) in [6.07, 6.45) is 7.76. The molecule has 0 bridgehead atoms. The van der Waals surface area contributed by atoms with E-state index in [4.69, 9.17) is 0 Å². The van der Waals surface area contributed by atoms with E-state index in [1.54, 1.807) is 25.3 Å². The Balaban J connectivity index is 1.98. The van der Waals surface area contributed by atoms with Crippen molar-refractivity contribution in [3.63, 3.8) is 0 Å². The largest absolute Gasteiger partial charge is 0.480 e. The minimum atomic E-state index is -0.959. The van der Waals surface area contributed by atoms with Crippen LogP contribution in [0.5, 0.6) is 0 Å². The summed E-state index contributed by atoms with van der Waals surface area (Å²) in [4.78, 5) is 27.6. The van der Waals surface area contributed by atoms with Gasteiger partial charge in [0.2, 0.25) is 0 Å². The molecule has 1 amide bonds. The van der Waals surface area contributed by atoms with Crippen LogP contribution in [-0.2, 0) is 4.79 Å². The third-order valence-electron chi connectivity index (χ3n) is 4.06. The summed E-state index contributed by atoms with van der Waals surface area (Å²) in [5.41, 5.74) is 1.19. The van der Waals surface area contributed by atoms with Crippen LogP contribution in [0.3, 0.4) is 0 Å². The smallest absolute Gasteiger partial charge is 0.326 e. The van der Waals surface area contributed by atoms with Crippen LogP contribution in [-0.4, -0.2) is 28.0 Å². The Kier molecular flexibility index (Phi) is 5.31. The molecule has 2 N–H and O–H groups in total. The standard InChI is InChI=1S/C16H22N2O3/c1-11-9-13(7-8-17-11)15(19)18-14(16(20)21)10-12-5-3-2-4-6-12/h7-9,12,14H,2-6,10H2,1H3,(H,18,19)(H,20,21). The van der Waals surface area contributed by atoms with Crippen LogP contribution in [0, 0.1) is 12.8 Å². The molecule has 0 spiro atoms. The first-order valence-electron chi connectivity index (χ1n) is 7.52. The van der Waals surface area contributed by atoms with Crippen LogP contribution < -0.4 is 5.32 Å². The lowest BCUT2D eigenvalue weighted by molar-refractivity contribution is -0.139. The number of amides is 1. The minimum Gasteiger partial charge on any atom is -0.480 e. The van der Waals surface area contributed by atoms with E-state index in [9.17, 15) is 14.7 Å². The molecule has 1 atom stereocenters. The van der Waals surface area contributed by atoms with Crippen molar-refractivity contribution in [2.24, 2.45) is 5.92 Å². The lowest BCUT2D eigenvalue weighted by atomic mass is 9.85. The maximum Gasteiger partial charge on any atom is 0.326 e. The Bertz CT molecular complexity index is 510. The maximum atomic E-state index is 12.2. The fourth-order valence-electron chi connectivity index (χ4n) is 2.91. The molecule has 5 heteroatoms. The molecule has 114 valence electrons. The molecule has 1 saturated carbocycles. The molecule has 21 heavy (non-hydrogen) atoms. The number of nitrogens with zero attached hydrogens (tertiary/aromatic N) is 1. The number of hydrogen-bond acceptors (Lipinski definition) is 3. The molecule has 0 radical (unpaired) electrons. The van der Waals surface area contributed by atoms with E-state index in [1.165, 1.54) is 6.42 Å². The second-order valence-electron chi connectivity index (χ2n) is 5.79. The van der Waals surface area contributed by atoms with Gasteiger partial charge in [0.15, 0.2) is 0 Å². The van der Waals surface area contributed by atoms with E-state index in [1.807, 2.05) is 0 Å². The third kappa shape index (κ3) is 4.55. The highest BCUT2D eigenvalue weighted by molar-refractivity contribution is 5.96. The number of nitrogens with one attached hydrogen (secondary N) is 1. The average Bonchev–Trinajstić information content (AvgIpc) is 2.47. The van der Waals surface area contributed by atoms with Crippen molar-refractivity contribution in [1.82, 2.24) is 10.3 Å². The Hall–Kier alpha value is -1.91. The summed E-state index contributed by atoms with van der Waals surface area (Å²) in [6.45, 7) is 1.80. The molecule has 0 aromatic carbocycles. The average molecular weight is 290 g/mol. The van der Waals surface area contributed by atoms with Gasteiger partial charge >= 0.3 is 5.97 Å². The highest BCUT2D eigenvalue weighted by Gasteiger charge is 2.25. The van der Waals surface area contributed by atoms with Crippen LogP contribution in [0.25, 0.3) is 0 Å². The van der Waals surface area contributed by atoms with Crippen LogP contribution in [0.2, 0.25) is 0 Å². The molecule has 2 rings (SSSR count). The van der Waals surface area contributed by atoms with Crippen molar-refractivity contribution >= 4 is 11.9 Å². The zero-order valence-electron chi connectivity index (χ0n) is 12.3. The summed E-state index contributed by atoms with van der Waals surface area (Å²) in [6, 6.07) is 2.45. The Labute approximate surface area is 124 Å². The maximum absolute atomic E-state index is 12.2. The van der Waals surface area contributed by atoms with E-state index < -0.39 is 12.0 Å². The van der Waals surface area contributed by atoms with Crippen molar-refractivity contribution in [3.8, 4) is 0 Å². The highest BCUT2D eigenvalue weighted by atomic mass is 16.4. The van der Waals surface area contributed by atoms with Gasteiger partial charge in [-0.3, -0.25) is 9.78 Å². The zero-order chi connectivity index (χ0) is 15.2. The molecular weight excluding hydrogens is 268 g/mol. The number of hydrogen-bond donors (Lipinski definition) is 2. The lowest BCUT2D eigenvalue weighted by Crippen LogP contribution is -2.42. The monoisotopic (exact) mass is 290 g/mol. The molecule has 5 nitrogen and oxygen atoms in total. The second-order valence-corrected chi connectivity index (χ2v) is 5.79. The number of carbonyl (C=O) groups excluding carboxylic acids is 1. The number of aliphatic carboxylic acids is 1. The number of carboxylic acids is 1. The van der Waals surface area contributed by atoms with Crippen LogP contribution >= 0.6 is 0 Å². The quantitative estimate of drug-likeness (QED) is 0.873. The summed E-state index contributed by atoms with van der Waals surface area (Å²) in [7, 11) is 0. The van der Waals surface area contributed by atoms with Crippen molar-refractivity contribution in [2.75, 3.05) is 0 Å². The first-order chi connectivity index (χ1) is 10.1. The van der Waals surface area contributed by atoms with Gasteiger partial charge in [-0.15, -0.1) is 0 Å². The van der Waals surface area contributed by atoms with Crippen LogP contribution in [0.1, 0.15) is 54.6 Å². The SMILES string of the molecule is Cc1cc(C(=O)NC(CC2CCCCC2)C(=O)O)ccn1. The fourth-order valence-corrected chi connectivity index (χ4v) is 2.91. The zero-order valence-corrected chi connectivity index (χ0v) is 12.3. The van der Waals surface area contributed by atoms with Gasteiger partial charge in [0.1, 0.15) is 6.04 Å². The van der Waals surface area contributed by atoms with Crippen molar-refractivity contribution in [1.29, 1.82) is 0 Å². The van der Waals surface area contributed by atoms with Crippen LogP contribution in [0.4, 0.5) is 0 Å². The van der Waals surface area contributed by atoms with Gasteiger partial charge in [0.25, 0.3) is 5.91 Å². The predicted octanol–water partition coefficient (Wildman–Crippen LogP) is 2.54. The molecule has 1 aliphatic carbocycles. The summed E-state index contributed by atoms with van der Waals surface area (Å²) in [5.74, 6) is -0.900. The van der Waals surface area contributed by atoms with Crippen molar-refractivity contribution in [2.45, 2.75) is 51.5 Å². The van der Waals surface area contributed by atoms with Gasteiger partial charge < -0.3 is 10.4 Å². The third-order valence-corrected chi connectivity index (χ3v) is 4.06. The lowest BCUT2D eigenvalue weighted by Gasteiger charge is -2.25. The second kappa shape index (κ2) is 7.20. The van der Waals surface area contributed by atoms with E-state index in [-0.39, 0.29) is 5.91 Å². The van der Waals surface area contributed by atoms with Crippen molar-refractivity contribution in [3.05, 3.63) is 29.6 Å². The number of carboxylic acid groups (broad SMARTS) is 1. The molecule has 1 aliphatic rings. The number of rotatable bonds is 5. The molecule has 1 fully saturated rings. The topological polar surface area (TPSA) is 79.3 Å². The number of aryl methyl sites for hydroxylation is 1. The van der Waals surface area contributed by atoms with E-state index in [2.05, 4.69) is 10.3 Å². The van der Waals surface area contributed by atoms with E-state index in [0.717, 1.165) is 31.4 Å². The summed E-state index contributed by atoms with van der Waals surface area (Å²) < 4.78 is 0. The van der Waals surface area contributed by atoms with Crippen LogP contribution in [0.15, 0.2) is 18.3 Å². The normalized spacial score (nSPS) is 17.2. The van der Waals surface area contributed by atoms with Gasteiger partial charge in [-0.2, -0.15) is 0 Å². The number of carbonyl (C=O) groups is 2. The fraction of sp³-hybridized carbons (Fsp3) is 0.562. The first kappa shape index (κ1) is 15.5. The van der Waals surface area contributed by atoms with E-state index >= 15 is 0 Å². The Morgan fingerprint density at radius 2 is 2.10 bits per heavy atom. The van der Waals surface area contributed by atoms with Gasteiger partial charge in [-0.25, -0.2) is 4.79 Å². The predicted molar refractivity (Wildman–Crippen MR) is 79.1 cm³/mol. The Morgan fingerprint density at radius 1 is 1.38 bits per heavy atom. The molecule has 0 saturated heterocycles. The first-order valence-corrected chi connectivity index (χ1v) is 7.52. The molecule has 1 aromatic heterocycles. The highest BCUT2D eigenvalue weighted by Crippen LogP contribution is 2.27. The van der Waals surface area contributed by atoms with E-state index in [0.29, 0.717) is 17.9 Å².